The normalized spacial score (nSPS) is 20.1. The molecule has 0 spiro atoms. The molecule has 1 fully saturated rings. The summed E-state index contributed by atoms with van der Waals surface area (Å²) < 4.78 is 59.1. The number of nitrogens with one attached hydrogen (secondary N) is 1. The summed E-state index contributed by atoms with van der Waals surface area (Å²) in [6.07, 6.45) is 1.35. The van der Waals surface area contributed by atoms with E-state index >= 15 is 0 Å². The van der Waals surface area contributed by atoms with Crippen LogP contribution in [-0.2, 0) is 21.3 Å². The van der Waals surface area contributed by atoms with Crippen LogP contribution < -0.4 is 10.5 Å². The maximum absolute atomic E-state index is 14.0. The van der Waals surface area contributed by atoms with Gasteiger partial charge >= 0.3 is 0 Å². The molecule has 20 heavy (non-hydrogen) atoms. The van der Waals surface area contributed by atoms with Gasteiger partial charge in [-0.1, -0.05) is 0 Å². The second kappa shape index (κ2) is 6.13. The number of halogens is 2. The number of sulfonamides is 1. The lowest BCUT2D eigenvalue weighted by Crippen LogP contribution is -2.40. The zero-order valence-corrected chi connectivity index (χ0v) is 11.6. The van der Waals surface area contributed by atoms with Gasteiger partial charge in [-0.25, -0.2) is 21.9 Å². The minimum absolute atomic E-state index is 0.242. The van der Waals surface area contributed by atoms with Gasteiger partial charge in [0.2, 0.25) is 10.0 Å². The van der Waals surface area contributed by atoms with E-state index in [1.165, 1.54) is 0 Å². The van der Waals surface area contributed by atoms with Crippen LogP contribution in [0.4, 0.5) is 8.78 Å². The predicted molar refractivity (Wildman–Crippen MR) is 68.4 cm³/mol. The van der Waals surface area contributed by atoms with Crippen molar-refractivity contribution in [2.24, 2.45) is 5.73 Å². The Kier molecular flexibility index (Phi) is 4.69. The molecule has 1 aliphatic rings. The van der Waals surface area contributed by atoms with Crippen LogP contribution in [0, 0.1) is 11.6 Å². The van der Waals surface area contributed by atoms with Crippen LogP contribution in [0.25, 0.3) is 0 Å². The fraction of sp³-hybridized carbons (Fsp3) is 0.500. The van der Waals surface area contributed by atoms with Gasteiger partial charge in [0, 0.05) is 24.8 Å². The number of rotatable bonds is 4. The number of hydrogen-bond donors (Lipinski definition) is 2. The molecule has 0 amide bonds. The van der Waals surface area contributed by atoms with E-state index < -0.39 is 44.7 Å². The van der Waals surface area contributed by atoms with Gasteiger partial charge in [-0.2, -0.15) is 0 Å². The Bertz CT molecular complexity index is 587. The van der Waals surface area contributed by atoms with E-state index in [9.17, 15) is 17.2 Å². The lowest BCUT2D eigenvalue weighted by molar-refractivity contribution is 0.0774. The summed E-state index contributed by atoms with van der Waals surface area (Å²) in [4.78, 5) is -0.593. The maximum atomic E-state index is 14.0. The number of benzene rings is 1. The van der Waals surface area contributed by atoms with Crippen molar-refractivity contribution in [2.75, 3.05) is 13.2 Å². The molecule has 5 nitrogen and oxygen atoms in total. The fourth-order valence-corrected chi connectivity index (χ4v) is 3.45. The van der Waals surface area contributed by atoms with E-state index in [2.05, 4.69) is 4.72 Å². The molecule has 1 unspecified atom stereocenters. The molecule has 2 rings (SSSR count). The van der Waals surface area contributed by atoms with Crippen molar-refractivity contribution in [2.45, 2.75) is 30.3 Å². The van der Waals surface area contributed by atoms with E-state index in [4.69, 9.17) is 10.5 Å². The zero-order chi connectivity index (χ0) is 14.8. The van der Waals surface area contributed by atoms with Gasteiger partial charge in [0.15, 0.2) is 5.82 Å². The van der Waals surface area contributed by atoms with Gasteiger partial charge in [-0.3, -0.25) is 0 Å². The van der Waals surface area contributed by atoms with E-state index in [1.54, 1.807) is 0 Å². The monoisotopic (exact) mass is 306 g/mol. The van der Waals surface area contributed by atoms with Gasteiger partial charge in [0.25, 0.3) is 0 Å². The molecule has 8 heteroatoms. The van der Waals surface area contributed by atoms with Gasteiger partial charge in [-0.05, 0) is 25.0 Å². The number of ether oxygens (including phenoxy) is 1. The highest BCUT2D eigenvalue weighted by Gasteiger charge is 2.26. The second-order valence-corrected chi connectivity index (χ2v) is 6.26. The third kappa shape index (κ3) is 3.14. The topological polar surface area (TPSA) is 81.4 Å². The largest absolute Gasteiger partial charge is 0.380 e. The van der Waals surface area contributed by atoms with Crippen molar-refractivity contribution in [1.82, 2.24) is 4.72 Å². The van der Waals surface area contributed by atoms with Gasteiger partial charge in [-0.15, -0.1) is 0 Å². The lowest BCUT2D eigenvalue weighted by atomic mass is 10.1. The summed E-state index contributed by atoms with van der Waals surface area (Å²) >= 11 is 0. The molecule has 1 aromatic rings. The fourth-order valence-electron chi connectivity index (χ4n) is 2.09. The van der Waals surface area contributed by atoms with Crippen molar-refractivity contribution in [3.8, 4) is 0 Å². The van der Waals surface area contributed by atoms with E-state index in [-0.39, 0.29) is 6.61 Å². The molecular formula is C12H16F2N2O3S. The van der Waals surface area contributed by atoms with E-state index in [0.29, 0.717) is 13.0 Å². The highest BCUT2D eigenvalue weighted by Crippen LogP contribution is 2.21. The SMILES string of the molecule is NCc1c(F)ccc(S(=O)(=O)NC2CCCOC2)c1F. The highest BCUT2D eigenvalue weighted by atomic mass is 32.2. The molecule has 0 saturated carbocycles. The van der Waals surface area contributed by atoms with Crippen LogP contribution in [-0.4, -0.2) is 27.7 Å². The molecule has 1 aromatic carbocycles. The second-order valence-electron chi connectivity index (χ2n) is 4.58. The number of hydrogen-bond acceptors (Lipinski definition) is 4. The highest BCUT2D eigenvalue weighted by molar-refractivity contribution is 7.89. The van der Waals surface area contributed by atoms with Crippen molar-refractivity contribution in [3.63, 3.8) is 0 Å². The predicted octanol–water partition coefficient (Wildman–Crippen LogP) is 0.881. The Balaban J connectivity index is 2.29. The average Bonchev–Trinajstić information content (AvgIpc) is 2.39. The Hall–Kier alpha value is -1.09. The summed E-state index contributed by atoms with van der Waals surface area (Å²) in [6, 6.07) is 1.40. The van der Waals surface area contributed by atoms with Crippen LogP contribution in [0.5, 0.6) is 0 Å². The summed E-state index contributed by atoms with van der Waals surface area (Å²) in [5, 5.41) is 0. The molecule has 112 valence electrons. The molecule has 0 aromatic heterocycles. The molecule has 1 heterocycles. The third-order valence-corrected chi connectivity index (χ3v) is 4.66. The van der Waals surface area contributed by atoms with Crippen LogP contribution in [0.15, 0.2) is 17.0 Å². The first-order valence-electron chi connectivity index (χ1n) is 6.22. The zero-order valence-electron chi connectivity index (χ0n) is 10.7. The Morgan fingerprint density at radius 2 is 2.15 bits per heavy atom. The molecule has 0 bridgehead atoms. The lowest BCUT2D eigenvalue weighted by Gasteiger charge is -2.23. The van der Waals surface area contributed by atoms with Gasteiger partial charge in [0.1, 0.15) is 10.7 Å². The van der Waals surface area contributed by atoms with E-state index in [0.717, 1.165) is 18.6 Å². The van der Waals surface area contributed by atoms with Crippen LogP contribution >= 0.6 is 0 Å². The minimum atomic E-state index is -4.07. The molecule has 0 aliphatic carbocycles. The quantitative estimate of drug-likeness (QED) is 0.865. The number of nitrogens with two attached hydrogens (primary N) is 1. The molecule has 0 radical (unpaired) electrons. The molecule has 3 N–H and O–H groups in total. The van der Waals surface area contributed by atoms with Gasteiger partial charge in [0.05, 0.1) is 6.61 Å². The maximum Gasteiger partial charge on any atom is 0.243 e. The van der Waals surface area contributed by atoms with Crippen molar-refractivity contribution < 1.29 is 21.9 Å². The van der Waals surface area contributed by atoms with E-state index in [1.807, 2.05) is 0 Å². The smallest absolute Gasteiger partial charge is 0.243 e. The molecule has 1 saturated heterocycles. The van der Waals surface area contributed by atoms with Crippen molar-refractivity contribution >= 4 is 10.0 Å². The first kappa shape index (κ1) is 15.3. The molecule has 1 atom stereocenters. The minimum Gasteiger partial charge on any atom is -0.380 e. The van der Waals surface area contributed by atoms with Crippen molar-refractivity contribution in [1.29, 1.82) is 0 Å². The summed E-state index contributed by atoms with van der Waals surface area (Å²) in [5.74, 6) is -2.00. The van der Waals surface area contributed by atoms with Gasteiger partial charge < -0.3 is 10.5 Å². The molecule has 1 aliphatic heterocycles. The van der Waals surface area contributed by atoms with Crippen LogP contribution in [0.3, 0.4) is 0 Å². The Morgan fingerprint density at radius 1 is 1.40 bits per heavy atom. The first-order chi connectivity index (χ1) is 9.45. The summed E-state index contributed by atoms with van der Waals surface area (Å²) in [6.45, 7) is 0.416. The first-order valence-corrected chi connectivity index (χ1v) is 7.71. The third-order valence-electron chi connectivity index (χ3n) is 3.13. The Morgan fingerprint density at radius 3 is 2.75 bits per heavy atom. The van der Waals surface area contributed by atoms with Crippen LogP contribution in [0.2, 0.25) is 0 Å². The summed E-state index contributed by atoms with van der Waals surface area (Å²) in [5.41, 5.74) is 4.80. The average molecular weight is 306 g/mol. The summed E-state index contributed by atoms with van der Waals surface area (Å²) in [7, 11) is -4.07. The standard InChI is InChI=1S/C12H16F2N2O3S/c13-10-3-4-11(12(14)9(10)6-15)20(17,18)16-8-2-1-5-19-7-8/h3-4,8,16H,1-2,5-7,15H2. The van der Waals surface area contributed by atoms with Crippen molar-refractivity contribution in [3.05, 3.63) is 29.3 Å². The Labute approximate surface area is 116 Å². The van der Waals surface area contributed by atoms with Crippen LogP contribution in [0.1, 0.15) is 18.4 Å². The molecular weight excluding hydrogens is 290 g/mol.